The van der Waals surface area contributed by atoms with Gasteiger partial charge in [0, 0.05) is 22.1 Å². The Balaban J connectivity index is 1.49. The molecule has 206 valence electrons. The second-order valence-corrected chi connectivity index (χ2v) is 9.53. The number of halogens is 1. The lowest BCUT2D eigenvalue weighted by molar-refractivity contribution is -0.138. The molecule has 0 bridgehead atoms. The Bertz CT molecular complexity index is 1550. The van der Waals surface area contributed by atoms with Crippen LogP contribution >= 0.6 is 11.6 Å². The Morgan fingerprint density at radius 1 is 0.975 bits per heavy atom. The summed E-state index contributed by atoms with van der Waals surface area (Å²) >= 11 is 6.00. The molecule has 10 heteroatoms. The van der Waals surface area contributed by atoms with Crippen molar-refractivity contribution in [2.45, 2.75) is 34.2 Å². The number of nitrogens with one attached hydrogen (secondary N) is 2. The SMILES string of the molecule is CCOC(=O)C1=C(C)N(c2ccc(Cl)cc2)C(=O)/C1=C/c1ccc(CNC(=O)C(=O)Nc2ccc(C)c(C)c2)o1. The zero-order valence-electron chi connectivity index (χ0n) is 22.5. The number of nitrogens with zero attached hydrogens (tertiary/aromatic N) is 1. The number of rotatable bonds is 7. The van der Waals surface area contributed by atoms with Gasteiger partial charge in [0.05, 0.1) is 24.3 Å². The van der Waals surface area contributed by atoms with E-state index >= 15 is 0 Å². The van der Waals surface area contributed by atoms with Crippen molar-refractivity contribution in [3.63, 3.8) is 0 Å². The molecule has 0 aliphatic carbocycles. The standard InChI is InChI=1S/C30H28ClN3O6/c1-5-39-30(38)26-19(4)34(22-10-7-20(31)8-11-22)29(37)25(26)15-23-12-13-24(40-23)16-32-27(35)28(36)33-21-9-6-17(2)18(3)14-21/h6-15H,5,16H2,1-4H3,(H,32,35)(H,33,36)/b25-15+. The molecule has 3 amide bonds. The van der Waals surface area contributed by atoms with Crippen molar-refractivity contribution in [1.29, 1.82) is 0 Å². The average molecular weight is 562 g/mol. The molecule has 9 nitrogen and oxygen atoms in total. The van der Waals surface area contributed by atoms with Gasteiger partial charge in [-0.1, -0.05) is 17.7 Å². The Morgan fingerprint density at radius 2 is 1.70 bits per heavy atom. The third-order valence-corrected chi connectivity index (χ3v) is 6.58. The summed E-state index contributed by atoms with van der Waals surface area (Å²) in [5, 5.41) is 5.59. The molecule has 0 atom stereocenters. The van der Waals surface area contributed by atoms with E-state index < -0.39 is 23.7 Å². The number of ether oxygens (including phenoxy) is 1. The third kappa shape index (κ3) is 6.16. The number of furan rings is 1. The number of carbonyl (C=O) groups excluding carboxylic acids is 4. The number of hydrogen-bond acceptors (Lipinski definition) is 6. The molecule has 1 aliphatic heterocycles. The largest absolute Gasteiger partial charge is 0.462 e. The minimum atomic E-state index is -0.831. The molecule has 0 saturated heterocycles. The van der Waals surface area contributed by atoms with Crippen molar-refractivity contribution in [2.24, 2.45) is 0 Å². The Kier molecular flexibility index (Phi) is 8.55. The van der Waals surface area contributed by atoms with Gasteiger partial charge in [0.2, 0.25) is 0 Å². The predicted molar refractivity (Wildman–Crippen MR) is 151 cm³/mol. The molecule has 2 heterocycles. The lowest BCUT2D eigenvalue weighted by Crippen LogP contribution is -2.34. The first-order valence-corrected chi connectivity index (χ1v) is 12.9. The maximum atomic E-state index is 13.4. The first kappa shape index (κ1) is 28.4. The van der Waals surface area contributed by atoms with E-state index in [4.69, 9.17) is 20.8 Å². The van der Waals surface area contributed by atoms with Gasteiger partial charge in [-0.25, -0.2) is 4.79 Å². The third-order valence-electron chi connectivity index (χ3n) is 6.33. The molecular formula is C30H28ClN3O6. The lowest BCUT2D eigenvalue weighted by Gasteiger charge is -2.17. The van der Waals surface area contributed by atoms with E-state index in [0.29, 0.717) is 27.9 Å². The molecule has 3 aromatic rings. The highest BCUT2D eigenvalue weighted by atomic mass is 35.5. The molecule has 0 unspecified atom stereocenters. The van der Waals surface area contributed by atoms with Crippen molar-refractivity contribution < 1.29 is 28.3 Å². The van der Waals surface area contributed by atoms with Crippen molar-refractivity contribution in [3.8, 4) is 0 Å². The topological polar surface area (TPSA) is 118 Å². The van der Waals surface area contributed by atoms with Crippen LogP contribution in [-0.4, -0.2) is 30.3 Å². The van der Waals surface area contributed by atoms with Gasteiger partial charge in [0.15, 0.2) is 0 Å². The zero-order chi connectivity index (χ0) is 29.0. The summed E-state index contributed by atoms with van der Waals surface area (Å²) in [4.78, 5) is 52.3. The minimum absolute atomic E-state index is 0.0627. The van der Waals surface area contributed by atoms with E-state index in [9.17, 15) is 19.2 Å². The summed E-state index contributed by atoms with van der Waals surface area (Å²) in [6.45, 7) is 7.28. The van der Waals surface area contributed by atoms with Crippen LogP contribution in [-0.2, 0) is 30.5 Å². The molecule has 0 fully saturated rings. The smallest absolute Gasteiger partial charge is 0.340 e. The van der Waals surface area contributed by atoms with Crippen LogP contribution in [0.2, 0.25) is 5.02 Å². The predicted octanol–water partition coefficient (Wildman–Crippen LogP) is 5.07. The zero-order valence-corrected chi connectivity index (χ0v) is 23.2. The van der Waals surface area contributed by atoms with Gasteiger partial charge in [0.25, 0.3) is 5.91 Å². The molecule has 0 saturated carbocycles. The lowest BCUT2D eigenvalue weighted by atomic mass is 10.1. The number of anilines is 2. The van der Waals surface area contributed by atoms with Crippen LogP contribution in [0.4, 0.5) is 11.4 Å². The molecule has 4 rings (SSSR count). The molecule has 0 radical (unpaired) electrons. The fourth-order valence-electron chi connectivity index (χ4n) is 4.15. The molecule has 2 N–H and O–H groups in total. The summed E-state index contributed by atoms with van der Waals surface area (Å²) in [7, 11) is 0. The number of benzene rings is 2. The summed E-state index contributed by atoms with van der Waals surface area (Å²) < 4.78 is 11.0. The second kappa shape index (κ2) is 12.0. The van der Waals surface area contributed by atoms with E-state index in [2.05, 4.69) is 10.6 Å². The van der Waals surface area contributed by atoms with Gasteiger partial charge in [0.1, 0.15) is 11.5 Å². The highest BCUT2D eigenvalue weighted by Gasteiger charge is 2.38. The maximum Gasteiger partial charge on any atom is 0.340 e. The maximum absolute atomic E-state index is 13.4. The van der Waals surface area contributed by atoms with Crippen LogP contribution in [0.25, 0.3) is 6.08 Å². The average Bonchev–Trinajstić information content (AvgIpc) is 3.47. The van der Waals surface area contributed by atoms with Crippen LogP contribution < -0.4 is 15.5 Å². The van der Waals surface area contributed by atoms with Gasteiger partial charge in [-0.15, -0.1) is 0 Å². The van der Waals surface area contributed by atoms with Crippen LogP contribution in [0.1, 0.15) is 36.5 Å². The first-order chi connectivity index (χ1) is 19.1. The number of hydrogen-bond donors (Lipinski definition) is 2. The molecule has 1 aliphatic rings. The minimum Gasteiger partial charge on any atom is -0.462 e. The quantitative estimate of drug-likeness (QED) is 0.236. The highest BCUT2D eigenvalue weighted by Crippen LogP contribution is 2.36. The second-order valence-electron chi connectivity index (χ2n) is 9.10. The fraction of sp³-hybridized carbons (Fsp3) is 0.200. The Labute approximate surface area is 236 Å². The van der Waals surface area contributed by atoms with E-state index in [0.717, 1.165) is 11.1 Å². The van der Waals surface area contributed by atoms with Gasteiger partial charge >= 0.3 is 17.8 Å². The molecule has 0 spiro atoms. The highest BCUT2D eigenvalue weighted by molar-refractivity contribution is 6.39. The van der Waals surface area contributed by atoms with E-state index in [1.165, 1.54) is 11.0 Å². The first-order valence-electron chi connectivity index (χ1n) is 12.5. The number of allylic oxidation sites excluding steroid dienone is 1. The monoisotopic (exact) mass is 561 g/mol. The normalized spacial score (nSPS) is 14.1. The number of amides is 3. The molecular weight excluding hydrogens is 534 g/mol. The van der Waals surface area contributed by atoms with Crippen molar-refractivity contribution >= 4 is 52.7 Å². The van der Waals surface area contributed by atoms with E-state index in [1.807, 2.05) is 19.9 Å². The number of carbonyl (C=O) groups is 4. The van der Waals surface area contributed by atoms with Crippen molar-refractivity contribution in [1.82, 2.24) is 5.32 Å². The fourth-order valence-corrected chi connectivity index (χ4v) is 4.27. The van der Waals surface area contributed by atoms with Gasteiger partial charge in [-0.2, -0.15) is 0 Å². The van der Waals surface area contributed by atoms with Crippen molar-refractivity contribution in [3.05, 3.63) is 99.1 Å². The summed E-state index contributed by atoms with van der Waals surface area (Å²) in [6.07, 6.45) is 1.45. The van der Waals surface area contributed by atoms with Crippen molar-refractivity contribution in [2.75, 3.05) is 16.8 Å². The van der Waals surface area contributed by atoms with Crippen LogP contribution in [0.15, 0.2) is 75.9 Å². The Morgan fingerprint density at radius 3 is 2.38 bits per heavy atom. The van der Waals surface area contributed by atoms with E-state index in [1.54, 1.807) is 62.4 Å². The number of esters is 1. The molecule has 40 heavy (non-hydrogen) atoms. The Hall–Kier alpha value is -4.63. The summed E-state index contributed by atoms with van der Waals surface area (Å²) in [5.41, 5.74) is 3.75. The number of aryl methyl sites for hydroxylation is 2. The molecule has 1 aromatic heterocycles. The van der Waals surface area contributed by atoms with Gasteiger partial charge in [-0.05, 0) is 93.4 Å². The summed E-state index contributed by atoms with van der Waals surface area (Å²) in [5.74, 6) is -2.09. The van der Waals surface area contributed by atoms with Crippen LogP contribution in [0.3, 0.4) is 0 Å². The summed E-state index contributed by atoms with van der Waals surface area (Å²) in [6, 6.07) is 15.2. The van der Waals surface area contributed by atoms with Crippen LogP contribution in [0.5, 0.6) is 0 Å². The van der Waals surface area contributed by atoms with Gasteiger partial charge in [-0.3, -0.25) is 19.3 Å². The molecule has 2 aromatic carbocycles. The van der Waals surface area contributed by atoms with Crippen LogP contribution in [0, 0.1) is 13.8 Å². The van der Waals surface area contributed by atoms with E-state index in [-0.39, 0.29) is 30.1 Å². The van der Waals surface area contributed by atoms with Gasteiger partial charge < -0.3 is 19.8 Å².